The number of nitrogens with zero attached hydrogens (tertiary/aromatic N) is 3. The molecule has 0 saturated carbocycles. The van der Waals surface area contributed by atoms with E-state index in [2.05, 4.69) is 31.7 Å². The predicted molar refractivity (Wildman–Crippen MR) is 119 cm³/mol. The molecule has 30 heavy (non-hydrogen) atoms. The van der Waals surface area contributed by atoms with Crippen LogP contribution >= 0.6 is 39.7 Å². The lowest BCUT2D eigenvalue weighted by molar-refractivity contribution is -0.384. The molecule has 0 bridgehead atoms. The van der Waals surface area contributed by atoms with Crippen molar-refractivity contribution < 1.29 is 14.8 Å². The number of non-ortho nitro benzene ring substituents is 1. The number of benzene rings is 2. The van der Waals surface area contributed by atoms with Gasteiger partial charge in [0.2, 0.25) is 0 Å². The van der Waals surface area contributed by atoms with Gasteiger partial charge in [-0.3, -0.25) is 24.9 Å². The van der Waals surface area contributed by atoms with E-state index in [1.807, 2.05) is 6.20 Å². The van der Waals surface area contributed by atoms with Crippen LogP contribution in [0.3, 0.4) is 0 Å². The first kappa shape index (κ1) is 21.7. The highest BCUT2D eigenvalue weighted by Gasteiger charge is 2.17. The molecule has 1 amide bonds. The Labute approximate surface area is 188 Å². The van der Waals surface area contributed by atoms with Crippen LogP contribution in [-0.4, -0.2) is 30.8 Å². The highest BCUT2D eigenvalue weighted by Crippen LogP contribution is 2.35. The largest absolute Gasteiger partial charge is 0.504 e. The number of thiocarbonyl (C=S) groups is 1. The summed E-state index contributed by atoms with van der Waals surface area (Å²) in [5.41, 5.74) is 0.860. The molecule has 1 aromatic heterocycles. The molecule has 0 saturated heterocycles. The van der Waals surface area contributed by atoms with Gasteiger partial charge in [-0.15, -0.1) is 0 Å². The first-order valence-corrected chi connectivity index (χ1v) is 9.87. The second kappa shape index (κ2) is 9.20. The summed E-state index contributed by atoms with van der Waals surface area (Å²) in [5, 5.41) is 29.7. The highest BCUT2D eigenvalue weighted by atomic mass is 79.9. The zero-order valence-electron chi connectivity index (χ0n) is 15.0. The van der Waals surface area contributed by atoms with Gasteiger partial charge in [0.15, 0.2) is 10.9 Å². The predicted octanol–water partition coefficient (Wildman–Crippen LogP) is 4.09. The Morgan fingerprint density at radius 3 is 2.63 bits per heavy atom. The van der Waals surface area contributed by atoms with Crippen LogP contribution in [0.1, 0.15) is 15.9 Å². The Morgan fingerprint density at radius 1 is 1.33 bits per heavy atom. The monoisotopic (exact) mass is 509 g/mol. The minimum Gasteiger partial charge on any atom is -0.504 e. The minimum absolute atomic E-state index is 0.0970. The minimum atomic E-state index is -0.665. The Bertz CT molecular complexity index is 1140. The standard InChI is InChI=1S/C18H13BrClN5O4S/c19-12-7-21-24(9-12)8-10-1-3-11(4-2-10)17(27)23-18(30)22-15-6-13(25(28)29)5-14(20)16(15)26/h1-7,9,26H,8H2,(H2,22,23,27,30). The maximum atomic E-state index is 12.4. The van der Waals surface area contributed by atoms with Crippen LogP contribution in [0.15, 0.2) is 53.3 Å². The second-order valence-electron chi connectivity index (χ2n) is 6.04. The number of phenolic OH excluding ortho intramolecular Hbond substituents is 1. The summed E-state index contributed by atoms with van der Waals surface area (Å²) < 4.78 is 2.62. The lowest BCUT2D eigenvalue weighted by Crippen LogP contribution is -2.34. The number of nitro groups is 1. The zero-order valence-corrected chi connectivity index (χ0v) is 18.2. The van der Waals surface area contributed by atoms with Crippen molar-refractivity contribution in [3.05, 3.63) is 79.5 Å². The Morgan fingerprint density at radius 2 is 2.03 bits per heavy atom. The fourth-order valence-corrected chi connectivity index (χ4v) is 3.23. The molecule has 0 atom stereocenters. The molecule has 0 spiro atoms. The van der Waals surface area contributed by atoms with Crippen molar-refractivity contribution in [1.82, 2.24) is 15.1 Å². The number of phenols is 1. The van der Waals surface area contributed by atoms with Crippen molar-refractivity contribution in [3.63, 3.8) is 0 Å². The maximum Gasteiger partial charge on any atom is 0.273 e. The SMILES string of the molecule is O=C(NC(=S)Nc1cc([N+](=O)[O-])cc(Cl)c1O)c1ccc(Cn2cc(Br)cn2)cc1. The van der Waals surface area contributed by atoms with E-state index in [-0.39, 0.29) is 21.5 Å². The number of carbonyl (C=O) groups is 1. The van der Waals surface area contributed by atoms with Gasteiger partial charge in [0.1, 0.15) is 0 Å². The molecule has 0 fully saturated rings. The summed E-state index contributed by atoms with van der Waals surface area (Å²) >= 11 is 14.2. The quantitative estimate of drug-likeness (QED) is 0.204. The average Bonchev–Trinajstić information content (AvgIpc) is 3.10. The van der Waals surface area contributed by atoms with E-state index in [0.717, 1.165) is 22.2 Å². The molecule has 3 rings (SSSR count). The van der Waals surface area contributed by atoms with Crippen LogP contribution < -0.4 is 10.6 Å². The van der Waals surface area contributed by atoms with Gasteiger partial charge in [-0.25, -0.2) is 0 Å². The van der Waals surface area contributed by atoms with Crippen LogP contribution in [0.5, 0.6) is 5.75 Å². The van der Waals surface area contributed by atoms with E-state index in [9.17, 15) is 20.0 Å². The van der Waals surface area contributed by atoms with E-state index in [1.54, 1.807) is 35.1 Å². The van der Waals surface area contributed by atoms with Crippen LogP contribution in [0.2, 0.25) is 5.02 Å². The van der Waals surface area contributed by atoms with Gasteiger partial charge < -0.3 is 10.4 Å². The van der Waals surface area contributed by atoms with E-state index >= 15 is 0 Å². The molecule has 0 aliphatic heterocycles. The topological polar surface area (TPSA) is 122 Å². The van der Waals surface area contributed by atoms with Crippen molar-refractivity contribution >= 4 is 62.1 Å². The third kappa shape index (κ3) is 5.32. The number of aromatic hydroxyl groups is 1. The molecule has 3 N–H and O–H groups in total. The van der Waals surface area contributed by atoms with E-state index in [1.165, 1.54) is 0 Å². The zero-order chi connectivity index (χ0) is 21.8. The van der Waals surface area contributed by atoms with E-state index in [0.29, 0.717) is 12.1 Å². The summed E-state index contributed by atoms with van der Waals surface area (Å²) in [5.74, 6) is -0.912. The molecule has 0 aliphatic carbocycles. The summed E-state index contributed by atoms with van der Waals surface area (Å²) in [6.45, 7) is 0.542. The van der Waals surface area contributed by atoms with Gasteiger partial charge in [0.05, 0.1) is 32.8 Å². The van der Waals surface area contributed by atoms with Gasteiger partial charge in [0.25, 0.3) is 11.6 Å². The third-order valence-corrected chi connectivity index (χ3v) is 4.80. The van der Waals surface area contributed by atoms with Gasteiger partial charge in [-0.1, -0.05) is 23.7 Å². The Balaban J connectivity index is 1.64. The first-order chi connectivity index (χ1) is 14.2. The number of anilines is 1. The summed E-state index contributed by atoms with van der Waals surface area (Å²) in [7, 11) is 0. The number of hydrogen-bond donors (Lipinski definition) is 3. The lowest BCUT2D eigenvalue weighted by Gasteiger charge is -2.12. The first-order valence-electron chi connectivity index (χ1n) is 8.29. The van der Waals surface area contributed by atoms with Crippen LogP contribution in [0, 0.1) is 10.1 Å². The fourth-order valence-electron chi connectivity index (χ4n) is 2.49. The molecule has 9 nitrogen and oxygen atoms in total. The third-order valence-electron chi connectivity index (χ3n) is 3.90. The number of carbonyl (C=O) groups excluding carboxylic acids is 1. The number of rotatable bonds is 5. The average molecular weight is 511 g/mol. The summed E-state index contributed by atoms with van der Waals surface area (Å²) in [6.07, 6.45) is 3.52. The number of nitrogens with one attached hydrogen (secondary N) is 2. The molecule has 2 aromatic carbocycles. The normalized spacial score (nSPS) is 10.5. The summed E-state index contributed by atoms with van der Waals surface area (Å²) in [4.78, 5) is 22.7. The smallest absolute Gasteiger partial charge is 0.273 e. The number of amides is 1. The van der Waals surface area contributed by atoms with Crippen LogP contribution in [0.4, 0.5) is 11.4 Å². The molecular weight excluding hydrogens is 498 g/mol. The Kier molecular flexibility index (Phi) is 6.65. The fraction of sp³-hybridized carbons (Fsp3) is 0.0556. The molecular formula is C18H13BrClN5O4S. The van der Waals surface area contributed by atoms with Gasteiger partial charge in [-0.05, 0) is 45.8 Å². The second-order valence-corrected chi connectivity index (χ2v) is 7.77. The molecule has 1 heterocycles. The molecule has 3 aromatic rings. The van der Waals surface area contributed by atoms with Crippen molar-refractivity contribution in [2.24, 2.45) is 0 Å². The number of nitro benzene ring substituents is 1. The van der Waals surface area contributed by atoms with Crippen LogP contribution in [-0.2, 0) is 6.54 Å². The Hall–Kier alpha value is -3.02. The van der Waals surface area contributed by atoms with Crippen molar-refractivity contribution in [2.75, 3.05) is 5.32 Å². The van der Waals surface area contributed by atoms with Crippen molar-refractivity contribution in [2.45, 2.75) is 6.54 Å². The number of halogens is 2. The molecule has 154 valence electrons. The van der Waals surface area contributed by atoms with Crippen molar-refractivity contribution in [1.29, 1.82) is 0 Å². The van der Waals surface area contributed by atoms with Gasteiger partial charge in [-0.2, -0.15) is 5.10 Å². The molecule has 0 radical (unpaired) electrons. The van der Waals surface area contributed by atoms with Crippen molar-refractivity contribution in [3.8, 4) is 5.75 Å². The molecule has 12 heteroatoms. The number of hydrogen-bond acceptors (Lipinski definition) is 6. The van der Waals surface area contributed by atoms with E-state index in [4.69, 9.17) is 23.8 Å². The van der Waals surface area contributed by atoms with Gasteiger partial charge >= 0.3 is 0 Å². The number of aromatic nitrogens is 2. The van der Waals surface area contributed by atoms with Crippen LogP contribution in [0.25, 0.3) is 0 Å². The van der Waals surface area contributed by atoms with E-state index < -0.39 is 16.6 Å². The maximum absolute atomic E-state index is 12.4. The highest BCUT2D eigenvalue weighted by molar-refractivity contribution is 9.10. The van der Waals surface area contributed by atoms with Gasteiger partial charge in [0, 0.05) is 23.9 Å². The molecule has 0 aliphatic rings. The summed E-state index contributed by atoms with van der Waals surface area (Å²) in [6, 6.07) is 8.90. The molecule has 0 unspecified atom stereocenters. The lowest BCUT2D eigenvalue weighted by atomic mass is 10.1.